The molecule has 2 saturated heterocycles. The zero-order valence-corrected chi connectivity index (χ0v) is 12.6. The van der Waals surface area contributed by atoms with Gasteiger partial charge in [0, 0.05) is 19.2 Å². The molecule has 2 aliphatic rings. The number of likely N-dealkylation sites (tertiary alicyclic amines) is 1. The normalized spacial score (nSPS) is 24.2. The Hall–Kier alpha value is -1.40. The summed E-state index contributed by atoms with van der Waals surface area (Å²) < 4.78 is 10.5. The highest BCUT2D eigenvalue weighted by molar-refractivity contribution is 5.78. The van der Waals surface area contributed by atoms with Gasteiger partial charge in [-0.05, 0) is 26.3 Å². The largest absolute Gasteiger partial charge is 0.378 e. The molecular formula is C15H23N3O3. The van der Waals surface area contributed by atoms with Crippen LogP contribution in [0, 0.1) is 6.92 Å². The highest BCUT2D eigenvalue weighted by Gasteiger charge is 2.29. The lowest BCUT2D eigenvalue weighted by Crippen LogP contribution is -2.47. The number of aryl methyl sites for hydroxylation is 1. The number of aromatic nitrogens is 1. The van der Waals surface area contributed by atoms with Gasteiger partial charge in [0.05, 0.1) is 25.8 Å². The maximum absolute atomic E-state index is 12.4. The Morgan fingerprint density at radius 1 is 1.33 bits per heavy atom. The molecule has 1 unspecified atom stereocenters. The Labute approximate surface area is 125 Å². The third-order valence-electron chi connectivity index (χ3n) is 4.30. The summed E-state index contributed by atoms with van der Waals surface area (Å²) in [4.78, 5) is 16.6. The summed E-state index contributed by atoms with van der Waals surface area (Å²) in [6, 6.07) is 2.20. The van der Waals surface area contributed by atoms with Crippen LogP contribution in [-0.2, 0) is 9.53 Å². The van der Waals surface area contributed by atoms with E-state index >= 15 is 0 Å². The molecule has 0 aromatic carbocycles. The van der Waals surface area contributed by atoms with E-state index in [2.05, 4.69) is 10.1 Å². The molecule has 6 heteroatoms. The van der Waals surface area contributed by atoms with Crippen LogP contribution in [0.25, 0.3) is 0 Å². The van der Waals surface area contributed by atoms with Gasteiger partial charge in [-0.25, -0.2) is 0 Å². The van der Waals surface area contributed by atoms with Crippen LogP contribution in [-0.4, -0.2) is 60.3 Å². The molecule has 1 aromatic heterocycles. The number of nitrogens with zero attached hydrogens (tertiary/aromatic N) is 3. The first-order valence-electron chi connectivity index (χ1n) is 7.77. The first-order valence-corrected chi connectivity index (χ1v) is 7.77. The zero-order chi connectivity index (χ0) is 14.7. The van der Waals surface area contributed by atoms with Crippen LogP contribution in [0.1, 0.15) is 36.8 Å². The summed E-state index contributed by atoms with van der Waals surface area (Å²) in [5.74, 6) is 1.03. The molecule has 0 saturated carbocycles. The summed E-state index contributed by atoms with van der Waals surface area (Å²) in [5.41, 5.74) is 0.960. The van der Waals surface area contributed by atoms with E-state index in [1.807, 2.05) is 17.9 Å². The SMILES string of the molecule is Cc1cc(C2CCCCN2CC(=O)N2CCOCC2)no1. The summed E-state index contributed by atoms with van der Waals surface area (Å²) >= 11 is 0. The lowest BCUT2D eigenvalue weighted by molar-refractivity contribution is -0.137. The molecule has 2 fully saturated rings. The summed E-state index contributed by atoms with van der Waals surface area (Å²) in [6.45, 7) is 6.04. The number of carbonyl (C=O) groups excluding carboxylic acids is 1. The van der Waals surface area contributed by atoms with Gasteiger partial charge in [-0.2, -0.15) is 0 Å². The second kappa shape index (κ2) is 6.58. The second-order valence-electron chi connectivity index (χ2n) is 5.84. The molecule has 3 rings (SSSR count). The van der Waals surface area contributed by atoms with Crippen molar-refractivity contribution in [3.05, 3.63) is 17.5 Å². The van der Waals surface area contributed by atoms with Gasteiger partial charge in [-0.1, -0.05) is 11.6 Å². The van der Waals surface area contributed by atoms with E-state index in [4.69, 9.17) is 9.26 Å². The van der Waals surface area contributed by atoms with Crippen LogP contribution in [0.4, 0.5) is 0 Å². The highest BCUT2D eigenvalue weighted by atomic mass is 16.5. The topological polar surface area (TPSA) is 58.8 Å². The molecule has 1 amide bonds. The molecule has 0 spiro atoms. The van der Waals surface area contributed by atoms with Gasteiger partial charge in [-0.3, -0.25) is 9.69 Å². The molecular weight excluding hydrogens is 270 g/mol. The minimum atomic E-state index is 0.199. The average molecular weight is 293 g/mol. The number of hydrogen-bond acceptors (Lipinski definition) is 5. The molecule has 0 N–H and O–H groups in total. The van der Waals surface area contributed by atoms with E-state index in [1.165, 1.54) is 6.42 Å². The standard InChI is InChI=1S/C15H23N3O3/c1-12-10-13(16-21-12)14-4-2-3-5-18(14)11-15(19)17-6-8-20-9-7-17/h10,14H,2-9,11H2,1H3. The number of amides is 1. The van der Waals surface area contributed by atoms with Crippen molar-refractivity contribution < 1.29 is 14.1 Å². The van der Waals surface area contributed by atoms with Gasteiger partial charge < -0.3 is 14.2 Å². The lowest BCUT2D eigenvalue weighted by Gasteiger charge is -2.36. The lowest BCUT2D eigenvalue weighted by atomic mass is 9.99. The molecule has 6 nitrogen and oxygen atoms in total. The third kappa shape index (κ3) is 3.44. The number of rotatable bonds is 3. The van der Waals surface area contributed by atoms with Crippen LogP contribution in [0.2, 0.25) is 0 Å². The van der Waals surface area contributed by atoms with Gasteiger partial charge in [-0.15, -0.1) is 0 Å². The molecule has 1 atom stereocenters. The summed E-state index contributed by atoms with van der Waals surface area (Å²) in [7, 11) is 0. The van der Waals surface area contributed by atoms with Gasteiger partial charge in [0.15, 0.2) is 0 Å². The van der Waals surface area contributed by atoms with Crippen molar-refractivity contribution in [3.8, 4) is 0 Å². The van der Waals surface area contributed by atoms with Crippen molar-refractivity contribution in [1.82, 2.24) is 15.0 Å². The Balaban J connectivity index is 1.65. The quantitative estimate of drug-likeness (QED) is 0.842. The van der Waals surface area contributed by atoms with E-state index in [0.717, 1.165) is 30.8 Å². The molecule has 1 aromatic rings. The molecule has 21 heavy (non-hydrogen) atoms. The fraction of sp³-hybridized carbons (Fsp3) is 0.733. The Kier molecular flexibility index (Phi) is 4.55. The number of morpholine rings is 1. The van der Waals surface area contributed by atoms with Crippen molar-refractivity contribution in [2.75, 3.05) is 39.4 Å². The maximum Gasteiger partial charge on any atom is 0.236 e. The van der Waals surface area contributed by atoms with Gasteiger partial charge in [0.2, 0.25) is 5.91 Å². The molecule has 0 bridgehead atoms. The molecule has 116 valence electrons. The van der Waals surface area contributed by atoms with Crippen molar-refractivity contribution in [3.63, 3.8) is 0 Å². The van der Waals surface area contributed by atoms with Crippen LogP contribution in [0.15, 0.2) is 10.6 Å². The minimum Gasteiger partial charge on any atom is -0.378 e. The molecule has 0 aliphatic carbocycles. The van der Waals surface area contributed by atoms with Gasteiger partial charge >= 0.3 is 0 Å². The van der Waals surface area contributed by atoms with Crippen molar-refractivity contribution in [2.24, 2.45) is 0 Å². The van der Waals surface area contributed by atoms with Crippen molar-refractivity contribution in [1.29, 1.82) is 0 Å². The Bertz CT molecular complexity index is 482. The number of ether oxygens (including phenoxy) is 1. The predicted molar refractivity (Wildman–Crippen MR) is 76.8 cm³/mol. The van der Waals surface area contributed by atoms with E-state index < -0.39 is 0 Å². The van der Waals surface area contributed by atoms with Gasteiger partial charge in [0.1, 0.15) is 11.5 Å². The predicted octanol–water partition coefficient (Wildman–Crippen LogP) is 1.37. The van der Waals surface area contributed by atoms with Crippen molar-refractivity contribution in [2.45, 2.75) is 32.2 Å². The summed E-state index contributed by atoms with van der Waals surface area (Å²) in [6.07, 6.45) is 3.37. The van der Waals surface area contributed by atoms with E-state index in [9.17, 15) is 4.79 Å². The molecule has 2 aliphatic heterocycles. The fourth-order valence-electron chi connectivity index (χ4n) is 3.14. The smallest absolute Gasteiger partial charge is 0.236 e. The van der Waals surface area contributed by atoms with Crippen LogP contribution >= 0.6 is 0 Å². The zero-order valence-electron chi connectivity index (χ0n) is 12.6. The van der Waals surface area contributed by atoms with Crippen molar-refractivity contribution >= 4 is 5.91 Å². The van der Waals surface area contributed by atoms with Crippen LogP contribution < -0.4 is 0 Å². The highest BCUT2D eigenvalue weighted by Crippen LogP contribution is 2.30. The average Bonchev–Trinajstić information content (AvgIpc) is 2.95. The van der Waals surface area contributed by atoms with E-state index in [0.29, 0.717) is 32.8 Å². The first kappa shape index (κ1) is 14.5. The first-order chi connectivity index (χ1) is 10.2. The Morgan fingerprint density at radius 2 is 2.14 bits per heavy atom. The molecule has 3 heterocycles. The number of carbonyl (C=O) groups is 1. The van der Waals surface area contributed by atoms with E-state index in [-0.39, 0.29) is 11.9 Å². The molecule has 0 radical (unpaired) electrons. The summed E-state index contributed by atoms with van der Waals surface area (Å²) in [5, 5.41) is 4.15. The second-order valence-corrected chi connectivity index (χ2v) is 5.84. The minimum absolute atomic E-state index is 0.199. The fourth-order valence-corrected chi connectivity index (χ4v) is 3.14. The van der Waals surface area contributed by atoms with E-state index in [1.54, 1.807) is 0 Å². The number of piperidine rings is 1. The number of hydrogen-bond donors (Lipinski definition) is 0. The van der Waals surface area contributed by atoms with Crippen LogP contribution in [0.5, 0.6) is 0 Å². The third-order valence-corrected chi connectivity index (χ3v) is 4.30. The maximum atomic E-state index is 12.4. The van der Waals surface area contributed by atoms with Crippen LogP contribution in [0.3, 0.4) is 0 Å². The monoisotopic (exact) mass is 293 g/mol. The Morgan fingerprint density at radius 3 is 2.86 bits per heavy atom. The van der Waals surface area contributed by atoms with Gasteiger partial charge in [0.25, 0.3) is 0 Å².